The normalized spacial score (nSPS) is 28.6. The molecule has 0 spiro atoms. The lowest BCUT2D eigenvalue weighted by Gasteiger charge is -2.56. The molecule has 1 unspecified atom stereocenters. The maximum atomic E-state index is 15.2. The van der Waals surface area contributed by atoms with Crippen LogP contribution in [0.2, 0.25) is 0 Å². The van der Waals surface area contributed by atoms with E-state index in [1.807, 2.05) is 14.0 Å². The third-order valence-corrected chi connectivity index (χ3v) is 6.59. The first kappa shape index (κ1) is 18.9. The molecule has 6 rings (SSSR count). The first-order valence-electron chi connectivity index (χ1n) is 10.0. The summed E-state index contributed by atoms with van der Waals surface area (Å²) in [5.74, 6) is 0.487. The molecule has 4 heterocycles. The second-order valence-electron chi connectivity index (χ2n) is 8.33. The fourth-order valence-corrected chi connectivity index (χ4v) is 4.58. The molecule has 3 fully saturated rings. The molecule has 2 bridgehead atoms. The molecule has 3 aliphatic rings. The van der Waals surface area contributed by atoms with Crippen molar-refractivity contribution >= 4 is 0 Å². The van der Waals surface area contributed by atoms with Crippen molar-refractivity contribution in [2.24, 2.45) is 5.92 Å². The number of halogens is 1. The standard InChI is InChI=1S/C21H23FN6O2/c1-21-8-7-13(12-27(21)2)19(20(21)22)30-18-6-5-16(24-25-18)15-4-3-14(11-17(15)29)28-10-9-23-26-28/h3-6,9-11,13,19-20,29H,7-8,12H2,1-2H3/t13?,19-,20+,21-/m1/s1. The summed E-state index contributed by atoms with van der Waals surface area (Å²) >= 11 is 0. The number of fused-ring (bicyclic) bond motifs is 3. The Morgan fingerprint density at radius 3 is 2.77 bits per heavy atom. The second-order valence-corrected chi connectivity index (χ2v) is 8.33. The second kappa shape index (κ2) is 7.02. The molecule has 30 heavy (non-hydrogen) atoms. The number of rotatable bonds is 4. The molecule has 2 aromatic heterocycles. The Hall–Kier alpha value is -3.07. The summed E-state index contributed by atoms with van der Waals surface area (Å²) in [5, 5.41) is 26.4. The third kappa shape index (κ3) is 3.00. The van der Waals surface area contributed by atoms with Gasteiger partial charge in [0, 0.05) is 30.2 Å². The largest absolute Gasteiger partial charge is 0.507 e. The number of benzene rings is 1. The Balaban J connectivity index is 1.34. The van der Waals surface area contributed by atoms with Crippen molar-refractivity contribution in [3.63, 3.8) is 0 Å². The number of hydrogen-bond donors (Lipinski definition) is 1. The molecular formula is C21H23FN6O2. The van der Waals surface area contributed by atoms with E-state index in [1.165, 1.54) is 0 Å². The van der Waals surface area contributed by atoms with Gasteiger partial charge in [-0.25, -0.2) is 9.07 Å². The van der Waals surface area contributed by atoms with Crippen LogP contribution in [0.4, 0.5) is 4.39 Å². The Morgan fingerprint density at radius 1 is 1.23 bits per heavy atom. The van der Waals surface area contributed by atoms with Crippen LogP contribution in [0.3, 0.4) is 0 Å². The summed E-state index contributed by atoms with van der Waals surface area (Å²) in [6.07, 6.45) is 3.44. The van der Waals surface area contributed by atoms with E-state index < -0.39 is 17.8 Å². The minimum Gasteiger partial charge on any atom is -0.507 e. The van der Waals surface area contributed by atoms with Gasteiger partial charge in [0.25, 0.3) is 0 Å². The minimum absolute atomic E-state index is 0.0512. The lowest BCUT2D eigenvalue weighted by Crippen LogP contribution is -2.68. The zero-order valence-corrected chi connectivity index (χ0v) is 16.8. The number of aromatic hydroxyl groups is 1. The van der Waals surface area contributed by atoms with Crippen molar-refractivity contribution in [3.05, 3.63) is 42.7 Å². The number of hydrogen-bond acceptors (Lipinski definition) is 7. The van der Waals surface area contributed by atoms with Crippen molar-refractivity contribution in [1.82, 2.24) is 30.1 Å². The zero-order valence-electron chi connectivity index (χ0n) is 16.8. The van der Waals surface area contributed by atoms with E-state index in [0.29, 0.717) is 22.8 Å². The van der Waals surface area contributed by atoms with Crippen molar-refractivity contribution < 1.29 is 14.2 Å². The van der Waals surface area contributed by atoms with E-state index >= 15 is 4.39 Å². The smallest absolute Gasteiger partial charge is 0.233 e. The van der Waals surface area contributed by atoms with Gasteiger partial charge in [0.2, 0.25) is 5.88 Å². The van der Waals surface area contributed by atoms with Gasteiger partial charge in [0.15, 0.2) is 6.17 Å². The van der Waals surface area contributed by atoms with Gasteiger partial charge in [-0.05, 0) is 45.0 Å². The van der Waals surface area contributed by atoms with Gasteiger partial charge < -0.3 is 9.84 Å². The number of aromatic nitrogens is 5. The predicted molar refractivity (Wildman–Crippen MR) is 107 cm³/mol. The SMILES string of the molecule is CN1CC2CC[C@]1(C)[C@@H](F)[C@@H]2Oc1ccc(-c2ccc(-n3ccnn3)cc2O)nn1. The van der Waals surface area contributed by atoms with E-state index in [4.69, 9.17) is 4.74 Å². The number of phenols is 1. The molecule has 3 aromatic rings. The topological polar surface area (TPSA) is 89.2 Å². The molecule has 0 amide bonds. The van der Waals surface area contributed by atoms with Crippen molar-refractivity contribution in [3.8, 4) is 28.6 Å². The van der Waals surface area contributed by atoms with Gasteiger partial charge in [-0.15, -0.1) is 15.3 Å². The third-order valence-electron chi connectivity index (χ3n) is 6.59. The lowest BCUT2D eigenvalue weighted by molar-refractivity contribution is -0.136. The summed E-state index contributed by atoms with van der Waals surface area (Å²) in [7, 11) is 1.98. The molecule has 2 saturated heterocycles. The number of ether oxygens (including phenoxy) is 1. The van der Waals surface area contributed by atoms with Crippen LogP contribution in [0.1, 0.15) is 19.8 Å². The van der Waals surface area contributed by atoms with Gasteiger partial charge in [-0.1, -0.05) is 5.21 Å². The van der Waals surface area contributed by atoms with Crippen LogP contribution < -0.4 is 4.74 Å². The van der Waals surface area contributed by atoms with Crippen LogP contribution in [0.5, 0.6) is 11.6 Å². The molecule has 4 atom stereocenters. The van der Waals surface area contributed by atoms with Crippen LogP contribution in [-0.2, 0) is 0 Å². The van der Waals surface area contributed by atoms with E-state index in [0.717, 1.165) is 19.4 Å². The average molecular weight is 410 g/mol. The van der Waals surface area contributed by atoms with Crippen LogP contribution in [-0.4, -0.2) is 66.6 Å². The van der Waals surface area contributed by atoms with Gasteiger partial charge in [0.05, 0.1) is 29.3 Å². The van der Waals surface area contributed by atoms with Crippen LogP contribution in [0.15, 0.2) is 42.7 Å². The number of phenolic OH excluding ortho intramolecular Hbond substituents is 1. The quantitative estimate of drug-likeness (QED) is 0.707. The molecule has 8 nitrogen and oxygen atoms in total. The summed E-state index contributed by atoms with van der Waals surface area (Å²) < 4.78 is 22.7. The van der Waals surface area contributed by atoms with Gasteiger partial charge >= 0.3 is 0 Å². The van der Waals surface area contributed by atoms with Crippen molar-refractivity contribution in [1.29, 1.82) is 0 Å². The number of alkyl halides is 1. The highest BCUT2D eigenvalue weighted by atomic mass is 19.1. The fraction of sp³-hybridized carbons (Fsp3) is 0.429. The van der Waals surface area contributed by atoms with Crippen molar-refractivity contribution in [2.75, 3.05) is 13.6 Å². The molecule has 1 aromatic carbocycles. The zero-order chi connectivity index (χ0) is 20.9. The van der Waals surface area contributed by atoms with Crippen LogP contribution in [0, 0.1) is 5.92 Å². The summed E-state index contributed by atoms with van der Waals surface area (Å²) in [4.78, 5) is 2.10. The van der Waals surface area contributed by atoms with E-state index in [2.05, 4.69) is 25.4 Å². The Morgan fingerprint density at radius 2 is 2.10 bits per heavy atom. The Labute approximate surface area is 173 Å². The first-order valence-corrected chi connectivity index (χ1v) is 10.0. The highest BCUT2D eigenvalue weighted by Crippen LogP contribution is 2.45. The molecule has 156 valence electrons. The number of nitrogens with zero attached hydrogens (tertiary/aromatic N) is 6. The van der Waals surface area contributed by atoms with Gasteiger partial charge in [0.1, 0.15) is 11.9 Å². The van der Waals surface area contributed by atoms with Crippen LogP contribution >= 0.6 is 0 Å². The minimum atomic E-state index is -1.08. The summed E-state index contributed by atoms with van der Waals surface area (Å²) in [6, 6.07) is 8.52. The molecule has 9 heteroatoms. The first-order chi connectivity index (χ1) is 14.5. The summed E-state index contributed by atoms with van der Waals surface area (Å²) in [6.45, 7) is 2.78. The monoisotopic (exact) mass is 410 g/mol. The molecule has 1 saturated carbocycles. The van der Waals surface area contributed by atoms with Gasteiger partial charge in [-0.3, -0.25) is 4.90 Å². The van der Waals surface area contributed by atoms with Crippen LogP contribution in [0.25, 0.3) is 16.9 Å². The van der Waals surface area contributed by atoms with E-state index in [1.54, 1.807) is 47.4 Å². The molecule has 0 radical (unpaired) electrons. The predicted octanol–water partition coefficient (Wildman–Crippen LogP) is 2.63. The number of piperidine rings is 2. The molecule has 1 N–H and O–H groups in total. The highest BCUT2D eigenvalue weighted by molar-refractivity contribution is 5.68. The Kier molecular flexibility index (Phi) is 4.43. The van der Waals surface area contributed by atoms with Gasteiger partial charge in [-0.2, -0.15) is 0 Å². The molecular weight excluding hydrogens is 387 g/mol. The van der Waals surface area contributed by atoms with E-state index in [9.17, 15) is 5.11 Å². The van der Waals surface area contributed by atoms with E-state index in [-0.39, 0.29) is 11.7 Å². The molecule has 1 aliphatic carbocycles. The maximum absolute atomic E-state index is 15.2. The Bertz CT molecular complexity index is 1040. The lowest BCUT2D eigenvalue weighted by atomic mass is 9.68. The van der Waals surface area contributed by atoms with Crippen molar-refractivity contribution in [2.45, 2.75) is 37.6 Å². The molecule has 2 aliphatic heterocycles. The average Bonchev–Trinajstić information content (AvgIpc) is 3.28. The summed E-state index contributed by atoms with van der Waals surface area (Å²) in [5.41, 5.74) is 1.22. The fourth-order valence-electron chi connectivity index (χ4n) is 4.58. The highest BCUT2D eigenvalue weighted by Gasteiger charge is 2.55. The maximum Gasteiger partial charge on any atom is 0.233 e.